The van der Waals surface area contributed by atoms with Crippen molar-refractivity contribution in [2.24, 2.45) is 5.92 Å². The van der Waals surface area contributed by atoms with Gasteiger partial charge in [0.25, 0.3) is 0 Å². The average molecular weight is 262 g/mol. The second kappa shape index (κ2) is 5.47. The molecule has 0 aromatic carbocycles. The lowest BCUT2D eigenvalue weighted by molar-refractivity contribution is 0.0199. The molecule has 2 fully saturated rings. The number of hydrogen-bond donors (Lipinski definition) is 2. The van der Waals surface area contributed by atoms with Crippen molar-refractivity contribution in [1.29, 1.82) is 0 Å². The first-order valence-corrected chi connectivity index (χ1v) is 7.32. The van der Waals surface area contributed by atoms with Crippen molar-refractivity contribution < 1.29 is 5.11 Å². The highest BCUT2D eigenvalue weighted by Crippen LogP contribution is 2.36. The summed E-state index contributed by atoms with van der Waals surface area (Å²) in [5, 5.41) is 9.65. The van der Waals surface area contributed by atoms with Crippen LogP contribution in [0.4, 0.5) is 0 Å². The van der Waals surface area contributed by atoms with Gasteiger partial charge in [-0.15, -0.1) is 0 Å². The van der Waals surface area contributed by atoms with Gasteiger partial charge in [-0.2, -0.15) is 0 Å². The van der Waals surface area contributed by atoms with Gasteiger partial charge >= 0.3 is 0 Å². The van der Waals surface area contributed by atoms with Crippen molar-refractivity contribution in [2.45, 2.75) is 37.6 Å². The molecule has 0 unspecified atom stereocenters. The molecule has 0 amide bonds. The lowest BCUT2D eigenvalue weighted by Crippen LogP contribution is -2.51. The van der Waals surface area contributed by atoms with Crippen molar-refractivity contribution in [1.82, 2.24) is 9.88 Å². The number of aliphatic hydroxyl groups excluding tert-OH is 1. The lowest BCUT2D eigenvalue weighted by atomic mass is 9.78. The number of fused-ring (bicyclic) bond motifs is 1. The maximum Gasteiger partial charge on any atom is 0.248 e. The molecule has 0 spiro atoms. The molecule has 3 rings (SSSR count). The van der Waals surface area contributed by atoms with E-state index in [9.17, 15) is 9.90 Å². The van der Waals surface area contributed by atoms with Crippen molar-refractivity contribution in [3.8, 4) is 0 Å². The molecule has 19 heavy (non-hydrogen) atoms. The molecule has 4 nitrogen and oxygen atoms in total. The van der Waals surface area contributed by atoms with Crippen LogP contribution in [-0.2, 0) is 0 Å². The number of piperidine rings is 2. The third-order valence-corrected chi connectivity index (χ3v) is 4.72. The summed E-state index contributed by atoms with van der Waals surface area (Å²) in [4.78, 5) is 16.9. The Balaban J connectivity index is 1.82. The first-order chi connectivity index (χ1) is 9.28. The second-order valence-electron chi connectivity index (χ2n) is 5.90. The summed E-state index contributed by atoms with van der Waals surface area (Å²) in [6.07, 6.45) is 4.73. The quantitative estimate of drug-likeness (QED) is 0.845. The summed E-state index contributed by atoms with van der Waals surface area (Å²) in [7, 11) is 0. The van der Waals surface area contributed by atoms with E-state index in [0.29, 0.717) is 17.9 Å². The van der Waals surface area contributed by atoms with E-state index in [1.807, 2.05) is 12.1 Å². The molecule has 104 valence electrons. The Morgan fingerprint density at radius 2 is 2.26 bits per heavy atom. The van der Waals surface area contributed by atoms with Gasteiger partial charge in [0.1, 0.15) is 0 Å². The van der Waals surface area contributed by atoms with Crippen LogP contribution >= 0.6 is 0 Å². The highest BCUT2D eigenvalue weighted by Gasteiger charge is 2.37. The van der Waals surface area contributed by atoms with Gasteiger partial charge in [-0.05, 0) is 37.8 Å². The van der Waals surface area contributed by atoms with E-state index < -0.39 is 0 Å². The van der Waals surface area contributed by atoms with Gasteiger partial charge in [0.05, 0.1) is 0 Å². The van der Waals surface area contributed by atoms with Crippen LogP contribution in [0.3, 0.4) is 0 Å². The van der Waals surface area contributed by atoms with Crippen LogP contribution in [0.5, 0.6) is 0 Å². The molecule has 3 atom stereocenters. The molecule has 2 N–H and O–H groups in total. The van der Waals surface area contributed by atoms with Crippen molar-refractivity contribution in [3.63, 3.8) is 0 Å². The predicted octanol–water partition coefficient (Wildman–Crippen LogP) is 1.33. The molecule has 2 saturated heterocycles. The van der Waals surface area contributed by atoms with E-state index in [2.05, 4.69) is 9.88 Å². The number of aliphatic hydroxyl groups is 1. The Morgan fingerprint density at radius 3 is 3.05 bits per heavy atom. The summed E-state index contributed by atoms with van der Waals surface area (Å²) < 4.78 is 0. The summed E-state index contributed by atoms with van der Waals surface area (Å²) >= 11 is 0. The van der Waals surface area contributed by atoms with Gasteiger partial charge < -0.3 is 10.1 Å². The van der Waals surface area contributed by atoms with Crippen LogP contribution in [0.15, 0.2) is 23.0 Å². The van der Waals surface area contributed by atoms with Gasteiger partial charge in [-0.25, -0.2) is 0 Å². The summed E-state index contributed by atoms with van der Waals surface area (Å²) in [6.45, 7) is 2.41. The molecular weight excluding hydrogens is 240 g/mol. The fourth-order valence-corrected chi connectivity index (χ4v) is 3.78. The number of aromatic amines is 1. The van der Waals surface area contributed by atoms with Gasteiger partial charge in [0, 0.05) is 36.9 Å². The van der Waals surface area contributed by atoms with Gasteiger partial charge in [-0.1, -0.05) is 12.5 Å². The summed E-state index contributed by atoms with van der Waals surface area (Å²) in [5.74, 6) is 0.697. The molecule has 0 saturated carbocycles. The molecule has 0 bridgehead atoms. The standard InChI is InChI=1S/C15H22N2O2/c18-10-12-8-11(13-4-3-6-15(19)16-13)9-17-7-2-1-5-14(12)17/h3-4,6,11-12,14,18H,1-2,5,7-10H2,(H,16,19)/t11-,12-,14-/m0/s1. The maximum atomic E-state index is 11.4. The molecule has 3 heterocycles. The van der Waals surface area contributed by atoms with Crippen LogP contribution in [0.1, 0.15) is 37.3 Å². The number of aromatic nitrogens is 1. The minimum atomic E-state index is -0.0289. The van der Waals surface area contributed by atoms with E-state index in [4.69, 9.17) is 0 Å². The van der Waals surface area contributed by atoms with Crippen molar-refractivity contribution in [3.05, 3.63) is 34.2 Å². The van der Waals surface area contributed by atoms with E-state index in [1.54, 1.807) is 6.07 Å². The highest BCUT2D eigenvalue weighted by molar-refractivity contribution is 5.12. The molecule has 0 aliphatic carbocycles. The number of H-pyrrole nitrogens is 1. The lowest BCUT2D eigenvalue weighted by Gasteiger charge is -2.46. The van der Waals surface area contributed by atoms with E-state index >= 15 is 0 Å². The molecule has 2 aliphatic heterocycles. The first kappa shape index (κ1) is 12.9. The van der Waals surface area contributed by atoms with Gasteiger partial charge in [0.15, 0.2) is 0 Å². The third-order valence-electron chi connectivity index (χ3n) is 4.72. The normalized spacial score (nSPS) is 31.9. The number of hydrogen-bond acceptors (Lipinski definition) is 3. The van der Waals surface area contributed by atoms with Crippen LogP contribution in [0.25, 0.3) is 0 Å². The second-order valence-corrected chi connectivity index (χ2v) is 5.90. The zero-order chi connectivity index (χ0) is 13.2. The Hall–Kier alpha value is -1.13. The van der Waals surface area contributed by atoms with Gasteiger partial charge in [-0.3, -0.25) is 9.69 Å². The number of nitrogens with one attached hydrogen (secondary N) is 1. The predicted molar refractivity (Wildman–Crippen MR) is 74.2 cm³/mol. The van der Waals surface area contributed by atoms with Gasteiger partial charge in [0.2, 0.25) is 5.56 Å². The first-order valence-electron chi connectivity index (χ1n) is 7.32. The third kappa shape index (κ3) is 2.60. The van der Waals surface area contributed by atoms with E-state index in [-0.39, 0.29) is 12.2 Å². The van der Waals surface area contributed by atoms with Crippen LogP contribution in [-0.4, -0.2) is 40.7 Å². The van der Waals surface area contributed by atoms with Crippen LogP contribution in [0.2, 0.25) is 0 Å². The molecule has 1 aromatic heterocycles. The zero-order valence-corrected chi connectivity index (χ0v) is 11.2. The minimum Gasteiger partial charge on any atom is -0.396 e. The average Bonchev–Trinajstić information content (AvgIpc) is 2.46. The summed E-state index contributed by atoms with van der Waals surface area (Å²) in [5.41, 5.74) is 0.994. The minimum absolute atomic E-state index is 0.0289. The van der Waals surface area contributed by atoms with Crippen LogP contribution in [0, 0.1) is 5.92 Å². The topological polar surface area (TPSA) is 56.3 Å². The van der Waals surface area contributed by atoms with Crippen molar-refractivity contribution in [2.75, 3.05) is 19.7 Å². The van der Waals surface area contributed by atoms with E-state index in [0.717, 1.165) is 25.2 Å². The maximum absolute atomic E-state index is 11.4. The monoisotopic (exact) mass is 262 g/mol. The largest absolute Gasteiger partial charge is 0.396 e. The summed E-state index contributed by atoms with van der Waals surface area (Å²) in [6, 6.07) is 5.93. The smallest absolute Gasteiger partial charge is 0.248 e. The highest BCUT2D eigenvalue weighted by atomic mass is 16.3. The Bertz CT molecular complexity index is 477. The van der Waals surface area contributed by atoms with Crippen LogP contribution < -0.4 is 5.56 Å². The number of rotatable bonds is 2. The Labute approximate surface area is 113 Å². The number of pyridine rings is 1. The Kier molecular flexibility index (Phi) is 3.71. The zero-order valence-electron chi connectivity index (χ0n) is 11.2. The number of nitrogens with zero attached hydrogens (tertiary/aromatic N) is 1. The van der Waals surface area contributed by atoms with Crippen molar-refractivity contribution >= 4 is 0 Å². The fraction of sp³-hybridized carbons (Fsp3) is 0.667. The fourth-order valence-electron chi connectivity index (χ4n) is 3.78. The molecular formula is C15H22N2O2. The molecule has 2 aliphatic rings. The molecule has 0 radical (unpaired) electrons. The van der Waals surface area contributed by atoms with E-state index in [1.165, 1.54) is 19.3 Å². The SMILES string of the molecule is O=c1cccc([C@H]2C[C@@H](CO)[C@@H]3CCCCN3C2)[nH]1. The molecule has 4 heteroatoms. The molecule has 1 aromatic rings. The Morgan fingerprint density at radius 1 is 1.37 bits per heavy atom.